The lowest BCUT2D eigenvalue weighted by atomic mass is 10.1. The van der Waals surface area contributed by atoms with Crippen molar-refractivity contribution in [1.29, 1.82) is 0 Å². The van der Waals surface area contributed by atoms with Crippen LogP contribution in [0, 0.1) is 5.82 Å². The quantitative estimate of drug-likeness (QED) is 0.669. The molecule has 136 valence electrons. The lowest BCUT2D eigenvalue weighted by molar-refractivity contribution is -0.0508. The highest BCUT2D eigenvalue weighted by Gasteiger charge is 2.19. The van der Waals surface area contributed by atoms with Gasteiger partial charge in [-0.05, 0) is 34.7 Å². The average Bonchev–Trinajstić information content (AvgIpc) is 2.93. The number of rotatable bonds is 6. The van der Waals surface area contributed by atoms with Gasteiger partial charge in [-0.25, -0.2) is 9.18 Å². The lowest BCUT2D eigenvalue weighted by Gasteiger charge is -2.15. The molecule has 26 heavy (non-hydrogen) atoms. The number of hydrogen-bond donors (Lipinski definition) is 0. The van der Waals surface area contributed by atoms with Crippen LogP contribution >= 0.6 is 0 Å². The van der Waals surface area contributed by atoms with Crippen LogP contribution in [-0.2, 0) is 13.7 Å². The number of aromatic nitrogens is 4. The van der Waals surface area contributed by atoms with Gasteiger partial charge in [0.2, 0.25) is 0 Å². The van der Waals surface area contributed by atoms with Crippen molar-refractivity contribution in [2.45, 2.75) is 13.2 Å². The molecular formula is C16H13F3N4O3. The second kappa shape index (κ2) is 7.30. The van der Waals surface area contributed by atoms with Crippen LogP contribution in [0.15, 0.2) is 47.3 Å². The molecule has 0 saturated heterocycles. The molecule has 0 spiro atoms. The van der Waals surface area contributed by atoms with Crippen molar-refractivity contribution in [1.82, 2.24) is 19.8 Å². The van der Waals surface area contributed by atoms with Crippen molar-refractivity contribution < 1.29 is 22.6 Å². The summed E-state index contributed by atoms with van der Waals surface area (Å²) in [6, 6.07) is 9.81. The molecule has 0 unspecified atom stereocenters. The van der Waals surface area contributed by atoms with Gasteiger partial charge in [0.25, 0.3) is 0 Å². The van der Waals surface area contributed by atoms with E-state index in [1.165, 1.54) is 43.4 Å². The molecule has 0 fully saturated rings. The van der Waals surface area contributed by atoms with Gasteiger partial charge in [-0.3, -0.25) is 0 Å². The standard InChI is InChI=1S/C16H13F3N4O3/c1-22-16(24)23(21-20-22)12-6-4-8-13(26-15(18)19)10(12)9-25-14-7-3-2-5-11(14)17/h2-8,15H,9H2,1H3. The molecule has 0 amide bonds. The second-order valence-corrected chi connectivity index (χ2v) is 5.15. The molecule has 0 bridgehead atoms. The van der Waals surface area contributed by atoms with E-state index in [1.807, 2.05) is 0 Å². The predicted octanol–water partition coefficient (Wildman–Crippen LogP) is 2.29. The Morgan fingerprint density at radius 1 is 1.08 bits per heavy atom. The molecule has 0 aliphatic carbocycles. The molecule has 0 aliphatic heterocycles. The molecule has 0 radical (unpaired) electrons. The topological polar surface area (TPSA) is 71.2 Å². The molecule has 0 aliphatic rings. The Labute approximate surface area is 145 Å². The van der Waals surface area contributed by atoms with E-state index in [0.29, 0.717) is 0 Å². The van der Waals surface area contributed by atoms with Gasteiger partial charge >= 0.3 is 12.3 Å². The zero-order valence-corrected chi connectivity index (χ0v) is 13.5. The Bertz CT molecular complexity index is 971. The number of para-hydroxylation sites is 1. The van der Waals surface area contributed by atoms with Gasteiger partial charge in [-0.2, -0.15) is 18.1 Å². The number of ether oxygens (including phenoxy) is 2. The maximum atomic E-state index is 13.7. The Morgan fingerprint density at radius 2 is 1.81 bits per heavy atom. The van der Waals surface area contributed by atoms with E-state index in [4.69, 9.17) is 4.74 Å². The largest absolute Gasteiger partial charge is 0.486 e. The minimum absolute atomic E-state index is 0.0724. The number of halogens is 3. The van der Waals surface area contributed by atoms with Crippen LogP contribution in [0.3, 0.4) is 0 Å². The van der Waals surface area contributed by atoms with E-state index < -0.39 is 18.1 Å². The van der Waals surface area contributed by atoms with Crippen molar-refractivity contribution in [3.63, 3.8) is 0 Å². The van der Waals surface area contributed by atoms with E-state index in [2.05, 4.69) is 15.2 Å². The molecule has 10 heteroatoms. The van der Waals surface area contributed by atoms with Crippen LogP contribution < -0.4 is 15.2 Å². The third-order valence-electron chi connectivity index (χ3n) is 3.48. The fraction of sp³-hybridized carbons (Fsp3) is 0.188. The number of nitrogens with zero attached hydrogens (tertiary/aromatic N) is 4. The third-order valence-corrected chi connectivity index (χ3v) is 3.48. The van der Waals surface area contributed by atoms with Crippen LogP contribution in [0.25, 0.3) is 5.69 Å². The normalized spacial score (nSPS) is 11.0. The van der Waals surface area contributed by atoms with Gasteiger partial charge < -0.3 is 9.47 Å². The van der Waals surface area contributed by atoms with Gasteiger partial charge in [0.05, 0.1) is 11.3 Å². The molecule has 0 saturated carbocycles. The van der Waals surface area contributed by atoms with Crippen molar-refractivity contribution in [2.75, 3.05) is 0 Å². The molecule has 2 aromatic carbocycles. The van der Waals surface area contributed by atoms with E-state index in [-0.39, 0.29) is 29.4 Å². The van der Waals surface area contributed by atoms with Crippen molar-refractivity contribution >= 4 is 0 Å². The van der Waals surface area contributed by atoms with Gasteiger partial charge in [0, 0.05) is 7.05 Å². The fourth-order valence-corrected chi connectivity index (χ4v) is 2.28. The van der Waals surface area contributed by atoms with Gasteiger partial charge in [-0.15, -0.1) is 0 Å². The maximum absolute atomic E-state index is 13.7. The van der Waals surface area contributed by atoms with Crippen molar-refractivity contribution in [3.05, 3.63) is 64.3 Å². The van der Waals surface area contributed by atoms with Crippen LogP contribution in [0.2, 0.25) is 0 Å². The van der Waals surface area contributed by atoms with Crippen molar-refractivity contribution in [2.24, 2.45) is 7.05 Å². The van der Waals surface area contributed by atoms with Gasteiger partial charge in [0.15, 0.2) is 11.6 Å². The lowest BCUT2D eigenvalue weighted by Crippen LogP contribution is -2.23. The maximum Gasteiger partial charge on any atom is 0.387 e. The zero-order valence-electron chi connectivity index (χ0n) is 13.5. The van der Waals surface area contributed by atoms with Gasteiger partial charge in [-0.1, -0.05) is 18.2 Å². The smallest absolute Gasteiger partial charge is 0.387 e. The average molecular weight is 366 g/mol. The molecule has 3 aromatic rings. The summed E-state index contributed by atoms with van der Waals surface area (Å²) < 4.78 is 50.9. The summed E-state index contributed by atoms with van der Waals surface area (Å²) in [5, 5.41) is 7.27. The number of tetrazole rings is 1. The number of benzene rings is 2. The van der Waals surface area contributed by atoms with Gasteiger partial charge in [0.1, 0.15) is 12.4 Å². The first-order chi connectivity index (χ1) is 12.5. The Kier molecular flexibility index (Phi) is 4.92. The van der Waals surface area contributed by atoms with E-state index in [9.17, 15) is 18.0 Å². The second-order valence-electron chi connectivity index (χ2n) is 5.15. The van der Waals surface area contributed by atoms with E-state index in [0.717, 1.165) is 9.36 Å². The summed E-state index contributed by atoms with van der Waals surface area (Å²) >= 11 is 0. The minimum Gasteiger partial charge on any atom is -0.486 e. The minimum atomic E-state index is -3.09. The Hall–Kier alpha value is -3.30. The SMILES string of the molecule is Cn1nnn(-c2cccc(OC(F)F)c2COc2ccccc2F)c1=O. The summed E-state index contributed by atoms with van der Waals surface area (Å²) in [7, 11) is 1.39. The van der Waals surface area contributed by atoms with E-state index >= 15 is 0 Å². The summed E-state index contributed by atoms with van der Waals surface area (Å²) in [5.41, 5.74) is -0.359. The van der Waals surface area contributed by atoms with E-state index in [1.54, 1.807) is 6.07 Å². The van der Waals surface area contributed by atoms with Crippen LogP contribution in [0.4, 0.5) is 13.2 Å². The molecular weight excluding hydrogens is 353 g/mol. The highest BCUT2D eigenvalue weighted by atomic mass is 19.3. The number of aryl methyl sites for hydroxylation is 1. The highest BCUT2D eigenvalue weighted by Crippen LogP contribution is 2.28. The van der Waals surface area contributed by atoms with Crippen LogP contribution in [0.5, 0.6) is 11.5 Å². The Balaban J connectivity index is 2.03. The zero-order chi connectivity index (χ0) is 18.7. The number of hydrogen-bond acceptors (Lipinski definition) is 5. The third kappa shape index (κ3) is 3.53. The Morgan fingerprint density at radius 3 is 2.46 bits per heavy atom. The fourth-order valence-electron chi connectivity index (χ4n) is 2.28. The summed E-state index contributed by atoms with van der Waals surface area (Å²) in [6.07, 6.45) is 0. The molecule has 7 nitrogen and oxygen atoms in total. The predicted molar refractivity (Wildman–Crippen MR) is 84.0 cm³/mol. The monoisotopic (exact) mass is 366 g/mol. The molecule has 0 N–H and O–H groups in total. The molecule has 0 atom stereocenters. The summed E-state index contributed by atoms with van der Waals surface area (Å²) in [4.78, 5) is 12.1. The molecule has 3 rings (SSSR count). The highest BCUT2D eigenvalue weighted by molar-refractivity contribution is 5.49. The molecule has 1 heterocycles. The van der Waals surface area contributed by atoms with Crippen molar-refractivity contribution in [3.8, 4) is 17.2 Å². The first-order valence-corrected chi connectivity index (χ1v) is 7.41. The summed E-state index contributed by atoms with van der Waals surface area (Å²) in [5.74, 6) is -0.902. The summed E-state index contributed by atoms with van der Waals surface area (Å²) in [6.45, 7) is -3.42. The first-order valence-electron chi connectivity index (χ1n) is 7.41. The number of alkyl halides is 2. The van der Waals surface area contributed by atoms with Crippen LogP contribution in [0.1, 0.15) is 5.56 Å². The first kappa shape index (κ1) is 17.5. The molecule has 1 aromatic heterocycles. The van der Waals surface area contributed by atoms with Crippen LogP contribution in [-0.4, -0.2) is 26.4 Å².